The first kappa shape index (κ1) is 11.9. The Balaban J connectivity index is 2.38. The average molecular weight is 288 g/mol. The maximum absolute atomic E-state index is 9.87. The van der Waals surface area contributed by atoms with Crippen LogP contribution in [0.5, 0.6) is 0 Å². The summed E-state index contributed by atoms with van der Waals surface area (Å²) in [5.74, 6) is 0.964. The molecule has 4 nitrogen and oxygen atoms in total. The minimum Gasteiger partial charge on any atom is -0.391 e. The van der Waals surface area contributed by atoms with Gasteiger partial charge < -0.3 is 10.8 Å². The Bertz CT molecular complexity index is 389. The number of aliphatic hydroxyl groups is 1. The molecule has 1 fully saturated rings. The Kier molecular flexibility index (Phi) is 3.26. The average Bonchev–Trinajstić information content (AvgIpc) is 2.74. The molecule has 2 unspecified atom stereocenters. The van der Waals surface area contributed by atoms with Crippen molar-refractivity contribution in [1.82, 2.24) is 9.78 Å². The predicted octanol–water partition coefficient (Wildman–Crippen LogP) is 2.44. The van der Waals surface area contributed by atoms with Crippen LogP contribution in [0.2, 0.25) is 0 Å². The summed E-state index contributed by atoms with van der Waals surface area (Å²) in [5, 5.41) is 14.4. The Morgan fingerprint density at radius 2 is 2.19 bits per heavy atom. The summed E-state index contributed by atoms with van der Waals surface area (Å²) in [6, 6.07) is 0.0452. The molecule has 2 atom stereocenters. The molecular formula is C11H18BrN3O. The first-order valence-electron chi connectivity index (χ1n) is 5.73. The second-order valence-electron chi connectivity index (χ2n) is 4.75. The number of halogens is 1. The van der Waals surface area contributed by atoms with Crippen LogP contribution in [0.15, 0.2) is 4.47 Å². The molecule has 0 spiro atoms. The van der Waals surface area contributed by atoms with Gasteiger partial charge in [0, 0.05) is 0 Å². The normalized spacial score (nSPS) is 25.6. The first-order chi connectivity index (χ1) is 7.52. The van der Waals surface area contributed by atoms with Crippen molar-refractivity contribution < 1.29 is 5.11 Å². The number of hydrogen-bond donors (Lipinski definition) is 2. The van der Waals surface area contributed by atoms with Crippen LogP contribution in [0.25, 0.3) is 0 Å². The van der Waals surface area contributed by atoms with Crippen LogP contribution in [-0.4, -0.2) is 21.0 Å². The molecule has 1 aliphatic carbocycles. The van der Waals surface area contributed by atoms with Gasteiger partial charge in [0.25, 0.3) is 0 Å². The van der Waals surface area contributed by atoms with E-state index in [1.165, 1.54) is 0 Å². The van der Waals surface area contributed by atoms with Crippen molar-refractivity contribution in [3.05, 3.63) is 10.2 Å². The van der Waals surface area contributed by atoms with E-state index in [1.807, 2.05) is 0 Å². The van der Waals surface area contributed by atoms with Crippen molar-refractivity contribution in [3.8, 4) is 0 Å². The van der Waals surface area contributed by atoms with E-state index in [1.54, 1.807) is 4.68 Å². The van der Waals surface area contributed by atoms with E-state index in [0.29, 0.717) is 11.7 Å². The number of nitrogens with two attached hydrogens (primary N) is 1. The van der Waals surface area contributed by atoms with Gasteiger partial charge in [0.2, 0.25) is 0 Å². The molecule has 0 amide bonds. The molecular weight excluding hydrogens is 270 g/mol. The van der Waals surface area contributed by atoms with E-state index in [0.717, 1.165) is 29.4 Å². The number of aromatic nitrogens is 2. The van der Waals surface area contributed by atoms with E-state index in [4.69, 9.17) is 5.73 Å². The molecule has 5 heteroatoms. The lowest BCUT2D eigenvalue weighted by Crippen LogP contribution is -2.21. The van der Waals surface area contributed by atoms with E-state index in [9.17, 15) is 5.11 Å². The van der Waals surface area contributed by atoms with Crippen LogP contribution in [0.1, 0.15) is 50.8 Å². The molecule has 1 heterocycles. The quantitative estimate of drug-likeness (QED) is 0.878. The van der Waals surface area contributed by atoms with Gasteiger partial charge in [0.05, 0.1) is 22.3 Å². The summed E-state index contributed by atoms with van der Waals surface area (Å²) >= 11 is 3.48. The van der Waals surface area contributed by atoms with Gasteiger partial charge >= 0.3 is 0 Å². The van der Waals surface area contributed by atoms with Gasteiger partial charge in [-0.1, -0.05) is 13.8 Å². The second kappa shape index (κ2) is 4.37. The summed E-state index contributed by atoms with van der Waals surface area (Å²) in [4.78, 5) is 0. The third-order valence-electron chi connectivity index (χ3n) is 3.22. The molecule has 2 rings (SSSR count). The van der Waals surface area contributed by atoms with Crippen molar-refractivity contribution in [2.45, 2.75) is 51.2 Å². The van der Waals surface area contributed by atoms with Crippen molar-refractivity contribution in [1.29, 1.82) is 0 Å². The molecule has 0 saturated heterocycles. The molecule has 1 saturated carbocycles. The Morgan fingerprint density at radius 1 is 1.50 bits per heavy atom. The zero-order valence-electron chi connectivity index (χ0n) is 9.65. The van der Waals surface area contributed by atoms with Gasteiger partial charge in [0.15, 0.2) is 0 Å². The van der Waals surface area contributed by atoms with Crippen molar-refractivity contribution in [2.24, 2.45) is 0 Å². The van der Waals surface area contributed by atoms with E-state index in [-0.39, 0.29) is 12.1 Å². The number of anilines is 1. The summed E-state index contributed by atoms with van der Waals surface area (Å²) < 4.78 is 2.67. The highest BCUT2D eigenvalue weighted by Crippen LogP contribution is 2.36. The lowest BCUT2D eigenvalue weighted by atomic mass is 10.1. The fourth-order valence-electron chi connectivity index (χ4n) is 2.27. The second-order valence-corrected chi connectivity index (χ2v) is 5.54. The van der Waals surface area contributed by atoms with Crippen LogP contribution >= 0.6 is 15.9 Å². The monoisotopic (exact) mass is 287 g/mol. The third-order valence-corrected chi connectivity index (χ3v) is 4.03. The lowest BCUT2D eigenvalue weighted by Gasteiger charge is -2.16. The van der Waals surface area contributed by atoms with Crippen molar-refractivity contribution >= 4 is 21.7 Å². The highest BCUT2D eigenvalue weighted by Gasteiger charge is 2.30. The summed E-state index contributed by atoms with van der Waals surface area (Å²) in [6.45, 7) is 4.17. The molecule has 16 heavy (non-hydrogen) atoms. The van der Waals surface area contributed by atoms with Gasteiger partial charge in [0.1, 0.15) is 5.82 Å². The maximum Gasteiger partial charge on any atom is 0.136 e. The van der Waals surface area contributed by atoms with Gasteiger partial charge in [-0.2, -0.15) is 5.10 Å². The molecule has 0 radical (unpaired) electrons. The largest absolute Gasteiger partial charge is 0.391 e. The smallest absolute Gasteiger partial charge is 0.136 e. The van der Waals surface area contributed by atoms with E-state index in [2.05, 4.69) is 34.9 Å². The maximum atomic E-state index is 9.87. The fraction of sp³-hybridized carbons (Fsp3) is 0.727. The Labute approximate surface area is 104 Å². The topological polar surface area (TPSA) is 64.1 Å². The third kappa shape index (κ3) is 1.86. The summed E-state index contributed by atoms with van der Waals surface area (Å²) in [5.41, 5.74) is 6.99. The standard InChI is InChI=1S/C11H18BrN3O/c1-6(2)10-9(12)11(13)15(14-10)7-4-3-5-8(7)16/h6-8,16H,3-5,13H2,1-2H3. The summed E-state index contributed by atoms with van der Waals surface area (Å²) in [6.07, 6.45) is 2.53. The molecule has 1 aliphatic rings. The van der Waals surface area contributed by atoms with Crippen LogP contribution in [0, 0.1) is 0 Å². The molecule has 1 aromatic rings. The first-order valence-corrected chi connectivity index (χ1v) is 6.53. The van der Waals surface area contributed by atoms with Gasteiger partial charge in [-0.25, -0.2) is 4.68 Å². The zero-order valence-corrected chi connectivity index (χ0v) is 11.2. The predicted molar refractivity (Wildman–Crippen MR) is 67.3 cm³/mol. The number of aliphatic hydroxyl groups excluding tert-OH is 1. The van der Waals surface area contributed by atoms with Gasteiger partial charge in [-0.05, 0) is 41.1 Å². The van der Waals surface area contributed by atoms with E-state index < -0.39 is 0 Å². The lowest BCUT2D eigenvalue weighted by molar-refractivity contribution is 0.131. The van der Waals surface area contributed by atoms with Crippen molar-refractivity contribution in [3.63, 3.8) is 0 Å². The Hall–Kier alpha value is -0.550. The Morgan fingerprint density at radius 3 is 2.62 bits per heavy atom. The highest BCUT2D eigenvalue weighted by molar-refractivity contribution is 9.10. The number of rotatable bonds is 2. The number of nitrogens with zero attached hydrogens (tertiary/aromatic N) is 2. The molecule has 90 valence electrons. The minimum absolute atomic E-state index is 0.0452. The molecule has 0 aliphatic heterocycles. The van der Waals surface area contributed by atoms with Crippen LogP contribution in [-0.2, 0) is 0 Å². The molecule has 3 N–H and O–H groups in total. The van der Waals surface area contributed by atoms with Gasteiger partial charge in [-0.15, -0.1) is 0 Å². The number of hydrogen-bond acceptors (Lipinski definition) is 3. The highest BCUT2D eigenvalue weighted by atomic mass is 79.9. The molecule has 0 aromatic carbocycles. The van der Waals surface area contributed by atoms with Crippen molar-refractivity contribution in [2.75, 3.05) is 5.73 Å². The van der Waals surface area contributed by atoms with Crippen LogP contribution < -0.4 is 5.73 Å². The molecule has 1 aromatic heterocycles. The van der Waals surface area contributed by atoms with Crippen LogP contribution in [0.3, 0.4) is 0 Å². The number of nitrogen functional groups attached to an aromatic ring is 1. The minimum atomic E-state index is -0.311. The van der Waals surface area contributed by atoms with E-state index >= 15 is 0 Å². The molecule has 0 bridgehead atoms. The summed E-state index contributed by atoms with van der Waals surface area (Å²) in [7, 11) is 0. The fourth-order valence-corrected chi connectivity index (χ4v) is 2.99. The SMILES string of the molecule is CC(C)c1nn(C2CCCC2O)c(N)c1Br. The zero-order chi connectivity index (χ0) is 11.9. The van der Waals surface area contributed by atoms with Crippen LogP contribution in [0.4, 0.5) is 5.82 Å². The van der Waals surface area contributed by atoms with Gasteiger partial charge in [-0.3, -0.25) is 0 Å².